The zero-order chi connectivity index (χ0) is 26.9. The van der Waals surface area contributed by atoms with Crippen LogP contribution in [-0.2, 0) is 4.74 Å². The van der Waals surface area contributed by atoms with E-state index in [1.165, 1.54) is 0 Å². The molecule has 0 aromatic rings. The Morgan fingerprint density at radius 3 is 2.00 bits per heavy atom. The minimum atomic E-state index is -1.24. The Morgan fingerprint density at radius 2 is 1.39 bits per heavy atom. The van der Waals surface area contributed by atoms with Crippen LogP contribution in [0.5, 0.6) is 0 Å². The van der Waals surface area contributed by atoms with Crippen LogP contribution >= 0.6 is 0 Å². The molecule has 5 aliphatic rings. The average Bonchev–Trinajstić information content (AvgIpc) is 2.95. The Bertz CT molecular complexity index is 881. The fourth-order valence-electron chi connectivity index (χ4n) is 11.6. The maximum absolute atomic E-state index is 12.2. The van der Waals surface area contributed by atoms with Crippen molar-refractivity contribution < 1.29 is 25.2 Å². The molecule has 0 amide bonds. The summed E-state index contributed by atoms with van der Waals surface area (Å²) >= 11 is 0. The van der Waals surface area contributed by atoms with Gasteiger partial charge in [0.05, 0.1) is 30.0 Å². The Morgan fingerprint density at radius 1 is 0.833 bits per heavy atom. The fourth-order valence-corrected chi connectivity index (χ4v) is 11.6. The summed E-state index contributed by atoms with van der Waals surface area (Å²) in [6.07, 6.45) is 4.43. The van der Waals surface area contributed by atoms with Crippen LogP contribution in [0.25, 0.3) is 0 Å². The van der Waals surface area contributed by atoms with Crippen LogP contribution in [0.3, 0.4) is 0 Å². The first kappa shape index (κ1) is 27.4. The predicted molar refractivity (Wildman–Crippen MR) is 141 cm³/mol. The second kappa shape index (κ2) is 7.93. The highest BCUT2D eigenvalue weighted by Crippen LogP contribution is 2.79. The zero-order valence-corrected chi connectivity index (χ0v) is 24.3. The molecule has 0 aromatic heterocycles. The first-order valence-corrected chi connectivity index (χ1v) is 14.8. The molecule has 36 heavy (non-hydrogen) atoms. The smallest absolute Gasteiger partial charge is 0.108 e. The van der Waals surface area contributed by atoms with Crippen molar-refractivity contribution in [3.8, 4) is 0 Å². The third-order valence-corrected chi connectivity index (χ3v) is 14.0. The molecule has 13 atom stereocenters. The number of hydrogen-bond donors (Lipinski definition) is 4. The second-order valence-corrected chi connectivity index (χ2v) is 16.0. The lowest BCUT2D eigenvalue weighted by Crippen LogP contribution is -2.67. The molecule has 4 N–H and O–H groups in total. The lowest BCUT2D eigenvalue weighted by Gasteiger charge is -2.72. The first-order valence-electron chi connectivity index (χ1n) is 14.8. The maximum atomic E-state index is 12.2. The molecule has 0 radical (unpaired) electrons. The van der Waals surface area contributed by atoms with E-state index in [0.29, 0.717) is 24.2 Å². The van der Waals surface area contributed by atoms with Crippen molar-refractivity contribution in [2.45, 2.75) is 143 Å². The summed E-state index contributed by atoms with van der Waals surface area (Å²) in [7, 11) is 0. The number of aliphatic hydroxyl groups excluding tert-OH is 3. The van der Waals surface area contributed by atoms with Gasteiger partial charge in [-0.25, -0.2) is 0 Å². The molecule has 5 rings (SSSR count). The molecule has 4 aliphatic carbocycles. The van der Waals surface area contributed by atoms with Crippen molar-refractivity contribution in [1.29, 1.82) is 0 Å². The first-order chi connectivity index (χ1) is 16.4. The van der Waals surface area contributed by atoms with Gasteiger partial charge in [0, 0.05) is 5.41 Å². The zero-order valence-electron chi connectivity index (χ0n) is 24.3. The SMILES string of the molecule is C[C@@H]1C[C@H]([C@H](O)C(C)(C)O)O[C@@H]2[C@H]1[C@@]1(C)CC[C@]3(C)[C@@H](CC[C@H]4C(C)(C)[C@@H](O)CC[C@@]43C)[C@]1(C)[C@H]2O. The minimum absolute atomic E-state index is 0.0434. The number of rotatable bonds is 2. The molecule has 0 spiro atoms. The molecule has 4 saturated carbocycles. The largest absolute Gasteiger partial charge is 0.393 e. The van der Waals surface area contributed by atoms with Gasteiger partial charge in [0.1, 0.15) is 6.10 Å². The summed E-state index contributed by atoms with van der Waals surface area (Å²) in [6, 6.07) is 0. The maximum Gasteiger partial charge on any atom is 0.108 e. The molecule has 5 fully saturated rings. The molecule has 5 nitrogen and oxygen atoms in total. The molecule has 1 heterocycles. The summed E-state index contributed by atoms with van der Waals surface area (Å²) in [4.78, 5) is 0. The lowest BCUT2D eigenvalue weighted by molar-refractivity contribution is -0.256. The van der Waals surface area contributed by atoms with E-state index in [2.05, 4.69) is 48.5 Å². The standard InChI is InChI=1S/C31H54O5/c1-17-16-18(24(33)27(4,5)35)36-23-22(17)30(8)15-14-29(7)20(31(30,9)25(23)34)11-10-19-26(2,3)21(32)12-13-28(19,29)6/h17-25,32-35H,10-16H2,1-9H3/t17-,18-,19+,20-,21+,22+,23-,24+,25+,28+,29-,30-,31-/m1/s1. The van der Waals surface area contributed by atoms with Crippen molar-refractivity contribution in [1.82, 2.24) is 0 Å². The third-order valence-electron chi connectivity index (χ3n) is 14.0. The van der Waals surface area contributed by atoms with Crippen molar-refractivity contribution in [3.63, 3.8) is 0 Å². The highest BCUT2D eigenvalue weighted by atomic mass is 16.5. The molecular weight excluding hydrogens is 452 g/mol. The van der Waals surface area contributed by atoms with Crippen LogP contribution in [-0.4, -0.2) is 56.5 Å². The van der Waals surface area contributed by atoms with Crippen LogP contribution < -0.4 is 0 Å². The van der Waals surface area contributed by atoms with Gasteiger partial charge in [0.2, 0.25) is 0 Å². The monoisotopic (exact) mass is 506 g/mol. The van der Waals surface area contributed by atoms with E-state index < -0.39 is 23.9 Å². The van der Waals surface area contributed by atoms with Gasteiger partial charge in [-0.05, 0) is 104 Å². The Balaban J connectivity index is 1.54. The summed E-state index contributed by atoms with van der Waals surface area (Å²) in [5, 5.41) is 44.6. The Kier molecular flexibility index (Phi) is 6.03. The normalized spacial score (nSPS) is 57.2. The number of hydrogen-bond acceptors (Lipinski definition) is 5. The fraction of sp³-hybridized carbons (Fsp3) is 1.00. The third kappa shape index (κ3) is 3.13. The predicted octanol–water partition coefficient (Wildman–Crippen LogP) is 4.93. The number of aliphatic hydroxyl groups is 4. The summed E-state index contributed by atoms with van der Waals surface area (Å²) in [5.41, 5.74) is -1.45. The highest BCUT2D eigenvalue weighted by molar-refractivity contribution is 5.25. The summed E-state index contributed by atoms with van der Waals surface area (Å²) < 4.78 is 6.60. The molecular formula is C31H54O5. The lowest BCUT2D eigenvalue weighted by atomic mass is 9.32. The van der Waals surface area contributed by atoms with Crippen molar-refractivity contribution in [2.24, 2.45) is 50.7 Å². The number of fused-ring (bicyclic) bond motifs is 7. The van der Waals surface area contributed by atoms with Gasteiger partial charge in [0.15, 0.2) is 0 Å². The minimum Gasteiger partial charge on any atom is -0.393 e. The molecule has 1 saturated heterocycles. The summed E-state index contributed by atoms with van der Waals surface area (Å²) in [6.45, 7) is 19.9. The number of ether oxygens (including phenoxy) is 1. The molecule has 1 aliphatic heterocycles. The van der Waals surface area contributed by atoms with E-state index in [1.807, 2.05) is 0 Å². The van der Waals surface area contributed by atoms with Gasteiger partial charge in [-0.2, -0.15) is 0 Å². The van der Waals surface area contributed by atoms with Crippen molar-refractivity contribution in [3.05, 3.63) is 0 Å². The summed E-state index contributed by atoms with van der Waals surface area (Å²) in [5.74, 6) is 1.39. The topological polar surface area (TPSA) is 90.2 Å². The van der Waals surface area contributed by atoms with Gasteiger partial charge in [0.25, 0.3) is 0 Å². The van der Waals surface area contributed by atoms with Crippen LogP contribution in [0.2, 0.25) is 0 Å². The van der Waals surface area contributed by atoms with E-state index in [0.717, 1.165) is 38.5 Å². The van der Waals surface area contributed by atoms with Crippen LogP contribution in [0.4, 0.5) is 0 Å². The molecule has 0 aromatic carbocycles. The van der Waals surface area contributed by atoms with Crippen LogP contribution in [0.15, 0.2) is 0 Å². The van der Waals surface area contributed by atoms with E-state index in [9.17, 15) is 20.4 Å². The van der Waals surface area contributed by atoms with Crippen LogP contribution in [0, 0.1) is 50.7 Å². The van der Waals surface area contributed by atoms with Gasteiger partial charge < -0.3 is 25.2 Å². The van der Waals surface area contributed by atoms with Gasteiger partial charge in [-0.1, -0.05) is 48.5 Å². The molecule has 208 valence electrons. The van der Waals surface area contributed by atoms with Crippen LogP contribution in [0.1, 0.15) is 107 Å². The van der Waals surface area contributed by atoms with Crippen molar-refractivity contribution >= 4 is 0 Å². The average molecular weight is 507 g/mol. The van der Waals surface area contributed by atoms with E-state index in [4.69, 9.17) is 4.74 Å². The molecule has 0 unspecified atom stereocenters. The van der Waals surface area contributed by atoms with Gasteiger partial charge in [-0.3, -0.25) is 0 Å². The molecule has 0 bridgehead atoms. The van der Waals surface area contributed by atoms with E-state index in [-0.39, 0.29) is 45.2 Å². The quantitative estimate of drug-likeness (QED) is 0.426. The van der Waals surface area contributed by atoms with Gasteiger partial charge >= 0.3 is 0 Å². The van der Waals surface area contributed by atoms with Crippen molar-refractivity contribution in [2.75, 3.05) is 0 Å². The Labute approximate surface area is 219 Å². The van der Waals surface area contributed by atoms with E-state index in [1.54, 1.807) is 13.8 Å². The highest BCUT2D eigenvalue weighted by Gasteiger charge is 2.76. The van der Waals surface area contributed by atoms with Gasteiger partial charge in [-0.15, -0.1) is 0 Å². The second-order valence-electron chi connectivity index (χ2n) is 16.0. The van der Waals surface area contributed by atoms with E-state index >= 15 is 0 Å². The molecule has 5 heteroatoms. The Hall–Kier alpha value is -0.200.